The fourth-order valence-corrected chi connectivity index (χ4v) is 5.87. The molecule has 0 fully saturated rings. The summed E-state index contributed by atoms with van der Waals surface area (Å²) < 4.78 is 12.8. The molecule has 0 spiro atoms. The third-order valence-electron chi connectivity index (χ3n) is 6.27. The summed E-state index contributed by atoms with van der Waals surface area (Å²) in [4.78, 5) is 31.2. The van der Waals surface area contributed by atoms with Gasteiger partial charge in [0.15, 0.2) is 16.7 Å². The molecule has 4 aromatic rings. The molecular formula is C29H33N3O4S2. The molecule has 1 amide bonds. The van der Waals surface area contributed by atoms with Crippen LogP contribution >= 0.6 is 23.1 Å². The molecule has 9 heteroatoms. The molecule has 4 rings (SSSR count). The summed E-state index contributed by atoms with van der Waals surface area (Å²) in [5, 5.41) is 6.09. The Morgan fingerprint density at radius 2 is 1.82 bits per heavy atom. The van der Waals surface area contributed by atoms with Crippen molar-refractivity contribution < 1.29 is 14.3 Å². The van der Waals surface area contributed by atoms with Crippen molar-refractivity contribution in [1.29, 1.82) is 0 Å². The number of carbonyl (C=O) groups is 1. The predicted octanol–water partition coefficient (Wildman–Crippen LogP) is 5.53. The standard InChI is InChI=1S/C29H33N3O4S2/c1-6-35-23-11-9-20(15-24(23)36-7-2)12-13-30-25(33)17-38-29-31-27-26(28(34)32(29)5)22(16-37-27)21-10-8-18(3)19(4)14-21/h8-11,14-16H,6-7,12-13,17H2,1-5H3,(H,30,33). The van der Waals surface area contributed by atoms with E-state index in [4.69, 9.17) is 14.5 Å². The Balaban J connectivity index is 1.39. The Morgan fingerprint density at radius 1 is 1.05 bits per heavy atom. The van der Waals surface area contributed by atoms with E-state index in [1.165, 1.54) is 38.8 Å². The Hall–Kier alpha value is -3.30. The lowest BCUT2D eigenvalue weighted by Gasteiger charge is -2.13. The molecule has 0 aliphatic carbocycles. The van der Waals surface area contributed by atoms with Crippen molar-refractivity contribution in [1.82, 2.24) is 14.9 Å². The molecular weight excluding hydrogens is 518 g/mol. The number of ether oxygens (including phenoxy) is 2. The van der Waals surface area contributed by atoms with Gasteiger partial charge in [-0.15, -0.1) is 11.3 Å². The number of fused-ring (bicyclic) bond motifs is 1. The van der Waals surface area contributed by atoms with Gasteiger partial charge in [0.1, 0.15) is 4.83 Å². The third-order valence-corrected chi connectivity index (χ3v) is 8.17. The zero-order chi connectivity index (χ0) is 27.2. The molecule has 38 heavy (non-hydrogen) atoms. The van der Waals surface area contributed by atoms with Gasteiger partial charge in [0.2, 0.25) is 5.91 Å². The monoisotopic (exact) mass is 551 g/mol. The quantitative estimate of drug-likeness (QED) is 0.195. The Kier molecular flexibility index (Phi) is 9.12. The Labute approximate surface area is 231 Å². The van der Waals surface area contributed by atoms with E-state index in [1.807, 2.05) is 43.5 Å². The Morgan fingerprint density at radius 3 is 2.55 bits per heavy atom. The first kappa shape index (κ1) is 27.7. The van der Waals surface area contributed by atoms with Gasteiger partial charge >= 0.3 is 0 Å². The minimum atomic E-state index is -0.109. The number of rotatable bonds is 11. The second-order valence-electron chi connectivity index (χ2n) is 8.92. The number of benzene rings is 2. The highest BCUT2D eigenvalue weighted by molar-refractivity contribution is 7.99. The van der Waals surface area contributed by atoms with Crippen molar-refractivity contribution in [3.8, 4) is 22.6 Å². The highest BCUT2D eigenvalue weighted by Crippen LogP contribution is 2.33. The molecule has 200 valence electrons. The zero-order valence-electron chi connectivity index (χ0n) is 22.4. The normalized spacial score (nSPS) is 11.1. The minimum Gasteiger partial charge on any atom is -0.490 e. The van der Waals surface area contributed by atoms with Crippen molar-refractivity contribution >= 4 is 39.2 Å². The average Bonchev–Trinajstić information content (AvgIpc) is 3.33. The topological polar surface area (TPSA) is 82.5 Å². The molecule has 0 atom stereocenters. The molecule has 2 aromatic heterocycles. The second kappa shape index (κ2) is 12.5. The molecule has 1 N–H and O–H groups in total. The van der Waals surface area contributed by atoms with Gasteiger partial charge in [0, 0.05) is 24.5 Å². The van der Waals surface area contributed by atoms with Gasteiger partial charge in [-0.1, -0.05) is 36.0 Å². The van der Waals surface area contributed by atoms with E-state index in [9.17, 15) is 9.59 Å². The largest absolute Gasteiger partial charge is 0.490 e. The van der Waals surface area contributed by atoms with Gasteiger partial charge in [-0.25, -0.2) is 4.98 Å². The van der Waals surface area contributed by atoms with E-state index in [0.717, 1.165) is 22.4 Å². The van der Waals surface area contributed by atoms with Crippen molar-refractivity contribution in [2.45, 2.75) is 39.3 Å². The lowest BCUT2D eigenvalue weighted by Crippen LogP contribution is -2.28. The van der Waals surface area contributed by atoms with Crippen LogP contribution in [0.3, 0.4) is 0 Å². The maximum absolute atomic E-state index is 13.3. The number of hydrogen-bond donors (Lipinski definition) is 1. The molecule has 0 saturated carbocycles. The van der Waals surface area contributed by atoms with Gasteiger partial charge in [0.05, 0.1) is 24.4 Å². The number of aryl methyl sites for hydroxylation is 2. The van der Waals surface area contributed by atoms with Crippen molar-refractivity contribution in [3.05, 3.63) is 68.8 Å². The van der Waals surface area contributed by atoms with Crippen LogP contribution < -0.4 is 20.3 Å². The summed E-state index contributed by atoms with van der Waals surface area (Å²) in [7, 11) is 1.71. The molecule has 2 aromatic carbocycles. The molecule has 2 heterocycles. The lowest BCUT2D eigenvalue weighted by atomic mass is 10.0. The molecule has 0 radical (unpaired) electrons. The smallest absolute Gasteiger partial charge is 0.263 e. The fourth-order valence-electron chi connectivity index (χ4n) is 4.08. The van der Waals surface area contributed by atoms with Gasteiger partial charge in [-0.3, -0.25) is 14.2 Å². The highest BCUT2D eigenvalue weighted by atomic mass is 32.2. The lowest BCUT2D eigenvalue weighted by molar-refractivity contribution is -0.118. The van der Waals surface area contributed by atoms with E-state index < -0.39 is 0 Å². The van der Waals surface area contributed by atoms with Gasteiger partial charge in [0.25, 0.3) is 5.56 Å². The van der Waals surface area contributed by atoms with Crippen LogP contribution in [-0.2, 0) is 18.3 Å². The van der Waals surface area contributed by atoms with E-state index in [2.05, 4.69) is 31.3 Å². The first-order valence-electron chi connectivity index (χ1n) is 12.7. The average molecular weight is 552 g/mol. The van der Waals surface area contributed by atoms with Gasteiger partial charge in [-0.2, -0.15) is 0 Å². The summed E-state index contributed by atoms with van der Waals surface area (Å²) in [5.74, 6) is 1.50. The number of carbonyl (C=O) groups excluding carboxylic acids is 1. The first-order chi connectivity index (χ1) is 18.3. The number of nitrogens with zero attached hydrogens (tertiary/aromatic N) is 2. The summed E-state index contributed by atoms with van der Waals surface area (Å²) >= 11 is 2.72. The van der Waals surface area contributed by atoms with Crippen LogP contribution in [0.1, 0.15) is 30.5 Å². The number of thiophene rings is 1. The molecule has 7 nitrogen and oxygen atoms in total. The Bertz CT molecular complexity index is 1510. The SMILES string of the molecule is CCOc1ccc(CCNC(=O)CSc2nc3scc(-c4ccc(C)c(C)c4)c3c(=O)n2C)cc1OCC. The number of aromatic nitrogens is 2. The summed E-state index contributed by atoms with van der Waals surface area (Å²) in [6.07, 6.45) is 0.669. The van der Waals surface area contributed by atoms with Crippen LogP contribution in [0.5, 0.6) is 11.5 Å². The second-order valence-corrected chi connectivity index (χ2v) is 10.7. The van der Waals surface area contributed by atoms with Crippen LogP contribution in [0.25, 0.3) is 21.3 Å². The van der Waals surface area contributed by atoms with Gasteiger partial charge in [-0.05, 0) is 68.5 Å². The van der Waals surface area contributed by atoms with Crippen molar-refractivity contribution in [2.24, 2.45) is 7.05 Å². The van der Waals surface area contributed by atoms with E-state index in [-0.39, 0.29) is 17.2 Å². The van der Waals surface area contributed by atoms with Crippen LogP contribution in [-0.4, -0.2) is 41.0 Å². The molecule has 0 bridgehead atoms. The maximum atomic E-state index is 13.3. The van der Waals surface area contributed by atoms with Crippen molar-refractivity contribution in [2.75, 3.05) is 25.5 Å². The summed E-state index contributed by atoms with van der Waals surface area (Å²) in [6, 6.07) is 12.1. The number of amides is 1. The highest BCUT2D eigenvalue weighted by Gasteiger charge is 2.17. The predicted molar refractivity (Wildman–Crippen MR) is 156 cm³/mol. The number of thioether (sulfide) groups is 1. The number of hydrogen-bond acceptors (Lipinski definition) is 7. The van der Waals surface area contributed by atoms with E-state index in [0.29, 0.717) is 47.3 Å². The minimum absolute atomic E-state index is 0.104. The zero-order valence-corrected chi connectivity index (χ0v) is 24.1. The third kappa shape index (κ3) is 6.22. The van der Waals surface area contributed by atoms with Crippen LogP contribution in [0.15, 0.2) is 51.7 Å². The van der Waals surface area contributed by atoms with E-state index in [1.54, 1.807) is 7.05 Å². The van der Waals surface area contributed by atoms with Crippen LogP contribution in [0.2, 0.25) is 0 Å². The molecule has 0 unspecified atom stereocenters. The first-order valence-corrected chi connectivity index (χ1v) is 14.5. The van der Waals surface area contributed by atoms with Crippen LogP contribution in [0.4, 0.5) is 0 Å². The fraction of sp³-hybridized carbons (Fsp3) is 0.345. The molecule has 0 saturated heterocycles. The molecule has 0 aliphatic rings. The van der Waals surface area contributed by atoms with Crippen LogP contribution in [0, 0.1) is 13.8 Å². The maximum Gasteiger partial charge on any atom is 0.263 e. The summed E-state index contributed by atoms with van der Waals surface area (Å²) in [6.45, 7) is 9.63. The van der Waals surface area contributed by atoms with E-state index >= 15 is 0 Å². The van der Waals surface area contributed by atoms with Gasteiger partial charge < -0.3 is 14.8 Å². The van der Waals surface area contributed by atoms with Crippen molar-refractivity contribution in [3.63, 3.8) is 0 Å². The summed E-state index contributed by atoms with van der Waals surface area (Å²) in [5.41, 5.74) is 5.26. The number of nitrogens with one attached hydrogen (secondary N) is 1. The molecule has 0 aliphatic heterocycles.